The highest BCUT2D eigenvalue weighted by atomic mass is 16.6. The van der Waals surface area contributed by atoms with E-state index in [0.717, 1.165) is 0 Å². The van der Waals surface area contributed by atoms with Crippen molar-refractivity contribution in [2.45, 2.75) is 52.2 Å². The fourth-order valence-electron chi connectivity index (χ4n) is 1.01. The summed E-state index contributed by atoms with van der Waals surface area (Å²) in [7, 11) is 0. The lowest BCUT2D eigenvalue weighted by Crippen LogP contribution is -2.37. The highest BCUT2D eigenvalue weighted by Gasteiger charge is 2.21. The van der Waals surface area contributed by atoms with Gasteiger partial charge in [-0.2, -0.15) is 0 Å². The summed E-state index contributed by atoms with van der Waals surface area (Å²) < 4.78 is 9.83. The average Bonchev–Trinajstić information content (AvgIpc) is 2.08. The molecule has 0 aromatic rings. The van der Waals surface area contributed by atoms with Crippen LogP contribution in [0.1, 0.15) is 40.5 Å². The van der Waals surface area contributed by atoms with Crippen LogP contribution in [0.5, 0.6) is 0 Å². The molecule has 0 unspecified atom stereocenters. The fraction of sp³-hybridized carbons (Fsp3) is 0.818. The Balaban J connectivity index is 3.76. The first-order valence-electron chi connectivity index (χ1n) is 5.34. The van der Waals surface area contributed by atoms with Crippen molar-refractivity contribution in [3.05, 3.63) is 0 Å². The van der Waals surface area contributed by atoms with Gasteiger partial charge < -0.3 is 15.2 Å². The third kappa shape index (κ3) is 8.23. The van der Waals surface area contributed by atoms with E-state index >= 15 is 0 Å². The molecule has 0 aliphatic rings. The largest absolute Gasteiger partial charge is 0.466 e. The molecule has 5 nitrogen and oxygen atoms in total. The number of hydrogen-bond donors (Lipinski definition) is 1. The van der Waals surface area contributed by atoms with Gasteiger partial charge in [0, 0.05) is 6.92 Å². The Morgan fingerprint density at radius 1 is 1.31 bits per heavy atom. The van der Waals surface area contributed by atoms with Crippen LogP contribution in [0.2, 0.25) is 0 Å². The summed E-state index contributed by atoms with van der Waals surface area (Å²) in [4.78, 5) is 21.9. The molecule has 0 aromatic carbocycles. The molecule has 2 N–H and O–H groups in total. The first-order chi connectivity index (χ1) is 7.22. The molecular formula is C11H21NO4. The smallest absolute Gasteiger partial charge is 0.323 e. The predicted molar refractivity (Wildman–Crippen MR) is 59.7 cm³/mol. The maximum Gasteiger partial charge on any atom is 0.323 e. The number of esters is 2. The van der Waals surface area contributed by atoms with Gasteiger partial charge in [-0.15, -0.1) is 0 Å². The van der Waals surface area contributed by atoms with Crippen molar-refractivity contribution in [2.24, 2.45) is 5.73 Å². The third-order valence-corrected chi connectivity index (χ3v) is 1.67. The van der Waals surface area contributed by atoms with E-state index in [9.17, 15) is 9.59 Å². The van der Waals surface area contributed by atoms with Crippen molar-refractivity contribution in [2.75, 3.05) is 6.61 Å². The minimum Gasteiger partial charge on any atom is -0.466 e. The molecule has 0 saturated carbocycles. The van der Waals surface area contributed by atoms with E-state index in [1.165, 1.54) is 6.92 Å². The fourth-order valence-corrected chi connectivity index (χ4v) is 1.01. The van der Waals surface area contributed by atoms with Crippen molar-refractivity contribution < 1.29 is 19.1 Å². The molecule has 0 heterocycles. The van der Waals surface area contributed by atoms with Gasteiger partial charge in [0.05, 0.1) is 6.61 Å². The molecule has 0 fully saturated rings. The van der Waals surface area contributed by atoms with Gasteiger partial charge in [0.25, 0.3) is 0 Å². The van der Waals surface area contributed by atoms with Crippen molar-refractivity contribution in [1.82, 2.24) is 0 Å². The maximum atomic E-state index is 11.4. The van der Waals surface area contributed by atoms with Crippen molar-refractivity contribution >= 4 is 11.9 Å². The van der Waals surface area contributed by atoms with Crippen LogP contribution >= 0.6 is 0 Å². The molecule has 1 atom stereocenters. The summed E-state index contributed by atoms with van der Waals surface area (Å²) in [6.45, 7) is 6.99. The second-order valence-corrected chi connectivity index (χ2v) is 4.62. The molecular weight excluding hydrogens is 210 g/mol. The van der Waals surface area contributed by atoms with E-state index in [1.807, 2.05) is 0 Å². The second kappa shape index (κ2) is 6.48. The van der Waals surface area contributed by atoms with Gasteiger partial charge >= 0.3 is 11.9 Å². The Bertz CT molecular complexity index is 245. The lowest BCUT2D eigenvalue weighted by molar-refractivity contribution is -0.156. The normalized spacial score (nSPS) is 13.1. The van der Waals surface area contributed by atoms with E-state index in [0.29, 0.717) is 12.8 Å². The van der Waals surface area contributed by atoms with Gasteiger partial charge in [0.2, 0.25) is 0 Å². The van der Waals surface area contributed by atoms with Gasteiger partial charge in [0.1, 0.15) is 11.6 Å². The average molecular weight is 231 g/mol. The Hall–Kier alpha value is -1.10. The maximum absolute atomic E-state index is 11.4. The zero-order valence-electron chi connectivity index (χ0n) is 10.4. The van der Waals surface area contributed by atoms with Crippen molar-refractivity contribution in [1.29, 1.82) is 0 Å². The van der Waals surface area contributed by atoms with E-state index in [1.54, 1.807) is 20.8 Å². The molecule has 5 heteroatoms. The predicted octanol–water partition coefficient (Wildman–Crippen LogP) is 0.999. The SMILES string of the molecule is CC(=O)OCCC[C@H](N)C(=O)OC(C)(C)C. The second-order valence-electron chi connectivity index (χ2n) is 4.62. The van der Waals surface area contributed by atoms with Gasteiger partial charge in [-0.3, -0.25) is 9.59 Å². The van der Waals surface area contributed by atoms with Gasteiger partial charge in [-0.05, 0) is 33.6 Å². The number of nitrogens with two attached hydrogens (primary N) is 1. The van der Waals surface area contributed by atoms with Crippen LogP contribution in [0.15, 0.2) is 0 Å². The molecule has 0 aliphatic heterocycles. The molecule has 0 bridgehead atoms. The zero-order chi connectivity index (χ0) is 12.8. The zero-order valence-corrected chi connectivity index (χ0v) is 10.4. The third-order valence-electron chi connectivity index (χ3n) is 1.67. The standard InChI is InChI=1S/C11H21NO4/c1-8(13)15-7-5-6-9(12)10(14)16-11(2,3)4/h9H,5-7,12H2,1-4H3/t9-/m0/s1. The highest BCUT2D eigenvalue weighted by molar-refractivity contribution is 5.75. The van der Waals surface area contributed by atoms with Gasteiger partial charge in [-0.1, -0.05) is 0 Å². The Morgan fingerprint density at radius 2 is 1.88 bits per heavy atom. The van der Waals surface area contributed by atoms with Crippen LogP contribution in [-0.4, -0.2) is 30.2 Å². The lowest BCUT2D eigenvalue weighted by Gasteiger charge is -2.22. The summed E-state index contributed by atoms with van der Waals surface area (Å²) >= 11 is 0. The van der Waals surface area contributed by atoms with Gasteiger partial charge in [-0.25, -0.2) is 0 Å². The molecule has 0 radical (unpaired) electrons. The molecule has 94 valence electrons. The Kier molecular flexibility index (Phi) is 6.03. The molecule has 0 spiro atoms. The first-order valence-corrected chi connectivity index (χ1v) is 5.34. The van der Waals surface area contributed by atoms with E-state index in [2.05, 4.69) is 0 Å². The minimum atomic E-state index is -0.658. The molecule has 16 heavy (non-hydrogen) atoms. The quantitative estimate of drug-likeness (QED) is 0.564. The van der Waals surface area contributed by atoms with Gasteiger partial charge in [0.15, 0.2) is 0 Å². The number of ether oxygens (including phenoxy) is 2. The summed E-state index contributed by atoms with van der Waals surface area (Å²) in [5.74, 6) is -0.749. The number of carbonyl (C=O) groups is 2. The number of carbonyl (C=O) groups excluding carboxylic acids is 2. The van der Waals surface area contributed by atoms with Crippen LogP contribution in [0.3, 0.4) is 0 Å². The Morgan fingerprint density at radius 3 is 2.31 bits per heavy atom. The monoisotopic (exact) mass is 231 g/mol. The van der Waals surface area contributed by atoms with Crippen molar-refractivity contribution in [3.8, 4) is 0 Å². The Labute approximate surface area is 96.3 Å². The van der Waals surface area contributed by atoms with E-state index in [4.69, 9.17) is 15.2 Å². The summed E-state index contributed by atoms with van der Waals surface area (Å²) in [6, 6.07) is -0.658. The highest BCUT2D eigenvalue weighted by Crippen LogP contribution is 2.09. The minimum absolute atomic E-state index is 0.284. The van der Waals surface area contributed by atoms with Crippen LogP contribution in [-0.2, 0) is 19.1 Å². The topological polar surface area (TPSA) is 78.6 Å². The number of rotatable bonds is 5. The summed E-state index contributed by atoms with van der Waals surface area (Å²) in [6.07, 6.45) is 1.00. The van der Waals surface area contributed by atoms with E-state index in [-0.39, 0.29) is 12.6 Å². The number of hydrogen-bond acceptors (Lipinski definition) is 5. The first kappa shape index (κ1) is 14.9. The summed E-state index contributed by atoms with van der Waals surface area (Å²) in [5.41, 5.74) is 5.10. The molecule has 0 saturated heterocycles. The van der Waals surface area contributed by atoms with E-state index < -0.39 is 17.6 Å². The molecule has 0 aliphatic carbocycles. The van der Waals surface area contributed by atoms with Crippen LogP contribution in [0.4, 0.5) is 0 Å². The lowest BCUT2D eigenvalue weighted by atomic mass is 10.1. The van der Waals surface area contributed by atoms with Crippen LogP contribution in [0, 0.1) is 0 Å². The molecule has 0 amide bonds. The molecule has 0 aromatic heterocycles. The molecule has 0 rings (SSSR count). The van der Waals surface area contributed by atoms with Crippen LogP contribution in [0.25, 0.3) is 0 Å². The summed E-state index contributed by atoms with van der Waals surface area (Å²) in [5, 5.41) is 0. The van der Waals surface area contributed by atoms with Crippen molar-refractivity contribution in [3.63, 3.8) is 0 Å². The van der Waals surface area contributed by atoms with Crippen LogP contribution < -0.4 is 5.73 Å².